The Bertz CT molecular complexity index is 494. The lowest BCUT2D eigenvalue weighted by Gasteiger charge is -2.18. The lowest BCUT2D eigenvalue weighted by Crippen LogP contribution is -2.32. The standard InChI is InChI=1S/C12H17N5OS2/c1-2-17(7-3-6-13)10(18)8-19-12-16-15-11(20-12)14-9-4-5-9/h9H,2-5,7-8H2,1H3,(H,14,15). The minimum atomic E-state index is 0.0413. The van der Waals surface area contributed by atoms with Crippen LogP contribution < -0.4 is 5.32 Å². The number of hydrogen-bond acceptors (Lipinski definition) is 7. The molecule has 1 fully saturated rings. The van der Waals surface area contributed by atoms with Gasteiger partial charge in [-0.15, -0.1) is 10.2 Å². The molecule has 108 valence electrons. The van der Waals surface area contributed by atoms with Gasteiger partial charge in [0, 0.05) is 19.1 Å². The zero-order valence-corrected chi connectivity index (χ0v) is 13.0. The van der Waals surface area contributed by atoms with E-state index >= 15 is 0 Å². The van der Waals surface area contributed by atoms with Crippen LogP contribution in [0, 0.1) is 11.3 Å². The molecule has 1 aliphatic rings. The Morgan fingerprint density at radius 1 is 1.60 bits per heavy atom. The summed E-state index contributed by atoms with van der Waals surface area (Å²) in [5.74, 6) is 0.386. The summed E-state index contributed by atoms with van der Waals surface area (Å²) in [5, 5.41) is 20.8. The number of anilines is 1. The number of nitrogens with zero attached hydrogens (tertiary/aromatic N) is 4. The van der Waals surface area contributed by atoms with E-state index in [1.54, 1.807) is 4.90 Å². The number of thioether (sulfide) groups is 1. The molecule has 0 aromatic carbocycles. The summed E-state index contributed by atoms with van der Waals surface area (Å²) in [4.78, 5) is 13.7. The molecule has 0 saturated heterocycles. The highest BCUT2D eigenvalue weighted by atomic mass is 32.2. The maximum Gasteiger partial charge on any atom is 0.233 e. The average Bonchev–Trinajstić information content (AvgIpc) is 3.14. The minimum Gasteiger partial charge on any atom is -0.357 e. The number of hydrogen-bond donors (Lipinski definition) is 1. The molecule has 1 aromatic rings. The van der Waals surface area contributed by atoms with E-state index in [1.807, 2.05) is 6.92 Å². The number of carbonyl (C=O) groups is 1. The van der Waals surface area contributed by atoms with Crippen LogP contribution in [0.3, 0.4) is 0 Å². The molecule has 1 amide bonds. The summed E-state index contributed by atoms with van der Waals surface area (Å²) in [7, 11) is 0. The van der Waals surface area contributed by atoms with Gasteiger partial charge in [-0.2, -0.15) is 5.26 Å². The monoisotopic (exact) mass is 311 g/mol. The highest BCUT2D eigenvalue weighted by molar-refractivity contribution is 8.01. The Balaban J connectivity index is 1.76. The van der Waals surface area contributed by atoms with Crippen molar-refractivity contribution in [3.63, 3.8) is 0 Å². The van der Waals surface area contributed by atoms with Crippen LogP contribution in [0.2, 0.25) is 0 Å². The SMILES string of the molecule is CCN(CCC#N)C(=O)CSc1nnc(NC2CC2)s1. The number of aromatic nitrogens is 2. The first-order valence-electron chi connectivity index (χ1n) is 6.60. The van der Waals surface area contributed by atoms with Crippen LogP contribution in [0.5, 0.6) is 0 Å². The van der Waals surface area contributed by atoms with Crippen molar-refractivity contribution in [2.75, 3.05) is 24.2 Å². The largest absolute Gasteiger partial charge is 0.357 e. The van der Waals surface area contributed by atoms with Gasteiger partial charge in [0.2, 0.25) is 11.0 Å². The van der Waals surface area contributed by atoms with Crippen molar-refractivity contribution in [2.45, 2.75) is 36.6 Å². The first-order valence-corrected chi connectivity index (χ1v) is 8.40. The van der Waals surface area contributed by atoms with Crippen LogP contribution in [-0.2, 0) is 4.79 Å². The number of rotatable bonds is 8. The molecule has 0 radical (unpaired) electrons. The Hall–Kier alpha value is -1.33. The van der Waals surface area contributed by atoms with E-state index in [0.717, 1.165) is 9.47 Å². The molecule has 1 heterocycles. The van der Waals surface area contributed by atoms with Crippen LogP contribution in [0.25, 0.3) is 0 Å². The summed E-state index contributed by atoms with van der Waals surface area (Å²) in [6, 6.07) is 2.62. The second-order valence-electron chi connectivity index (χ2n) is 4.46. The Morgan fingerprint density at radius 3 is 3.05 bits per heavy atom. The van der Waals surface area contributed by atoms with E-state index in [1.165, 1.54) is 35.9 Å². The molecule has 20 heavy (non-hydrogen) atoms. The number of amides is 1. The molecule has 6 nitrogen and oxygen atoms in total. The first kappa shape index (κ1) is 15.1. The molecule has 0 spiro atoms. The van der Waals surface area contributed by atoms with Crippen LogP contribution in [0.15, 0.2) is 4.34 Å². The van der Waals surface area contributed by atoms with Gasteiger partial charge in [0.15, 0.2) is 4.34 Å². The van der Waals surface area contributed by atoms with Gasteiger partial charge in [-0.25, -0.2) is 0 Å². The van der Waals surface area contributed by atoms with Crippen LogP contribution >= 0.6 is 23.1 Å². The molecule has 0 atom stereocenters. The fraction of sp³-hybridized carbons (Fsp3) is 0.667. The van der Waals surface area contributed by atoms with Crippen molar-refractivity contribution >= 4 is 34.1 Å². The predicted molar refractivity (Wildman–Crippen MR) is 79.8 cm³/mol. The minimum absolute atomic E-state index is 0.0413. The number of nitriles is 1. The predicted octanol–water partition coefficient (Wildman–Crippen LogP) is 1.97. The Kier molecular flexibility index (Phi) is 5.61. The van der Waals surface area contributed by atoms with Gasteiger partial charge in [0.25, 0.3) is 0 Å². The zero-order valence-electron chi connectivity index (χ0n) is 11.3. The lowest BCUT2D eigenvalue weighted by atomic mass is 10.4. The molecule has 0 bridgehead atoms. The molecule has 1 saturated carbocycles. The molecule has 8 heteroatoms. The summed E-state index contributed by atoms with van der Waals surface area (Å²) in [6.07, 6.45) is 2.77. The molecule has 2 rings (SSSR count). The van der Waals surface area contributed by atoms with E-state index in [-0.39, 0.29) is 5.91 Å². The molecule has 1 aromatic heterocycles. The number of carbonyl (C=O) groups excluding carboxylic acids is 1. The van der Waals surface area contributed by atoms with Crippen LogP contribution in [0.4, 0.5) is 5.13 Å². The van der Waals surface area contributed by atoms with Crippen molar-refractivity contribution in [3.8, 4) is 6.07 Å². The van der Waals surface area contributed by atoms with Gasteiger partial charge < -0.3 is 10.2 Å². The van der Waals surface area contributed by atoms with Gasteiger partial charge in [0.05, 0.1) is 18.2 Å². The fourth-order valence-corrected chi connectivity index (χ4v) is 3.32. The third kappa shape index (κ3) is 4.65. The third-order valence-electron chi connectivity index (χ3n) is 2.86. The second-order valence-corrected chi connectivity index (χ2v) is 6.66. The molecular weight excluding hydrogens is 294 g/mol. The van der Waals surface area contributed by atoms with Crippen molar-refractivity contribution in [3.05, 3.63) is 0 Å². The summed E-state index contributed by atoms with van der Waals surface area (Å²) in [6.45, 7) is 3.05. The van der Waals surface area contributed by atoms with Gasteiger partial charge in [-0.3, -0.25) is 4.79 Å². The molecule has 0 aliphatic heterocycles. The van der Waals surface area contributed by atoms with Crippen molar-refractivity contribution in [1.29, 1.82) is 5.26 Å². The fourth-order valence-electron chi connectivity index (χ4n) is 1.59. The van der Waals surface area contributed by atoms with Gasteiger partial charge >= 0.3 is 0 Å². The van der Waals surface area contributed by atoms with Crippen LogP contribution in [0.1, 0.15) is 26.2 Å². The highest BCUT2D eigenvalue weighted by Gasteiger charge is 2.22. The quantitative estimate of drug-likeness (QED) is 0.739. The van der Waals surface area contributed by atoms with Gasteiger partial charge in [-0.1, -0.05) is 23.1 Å². The highest BCUT2D eigenvalue weighted by Crippen LogP contribution is 2.30. The summed E-state index contributed by atoms with van der Waals surface area (Å²) < 4.78 is 0.804. The van der Waals surface area contributed by atoms with Gasteiger partial charge in [0.1, 0.15) is 0 Å². The van der Waals surface area contributed by atoms with E-state index in [9.17, 15) is 4.79 Å². The molecule has 0 unspecified atom stereocenters. The zero-order chi connectivity index (χ0) is 14.4. The average molecular weight is 311 g/mol. The van der Waals surface area contributed by atoms with Gasteiger partial charge in [-0.05, 0) is 19.8 Å². The smallest absolute Gasteiger partial charge is 0.233 e. The van der Waals surface area contributed by atoms with E-state index in [0.29, 0.717) is 31.3 Å². The van der Waals surface area contributed by atoms with Crippen molar-refractivity contribution in [2.24, 2.45) is 0 Å². The van der Waals surface area contributed by atoms with E-state index in [4.69, 9.17) is 5.26 Å². The second kappa shape index (κ2) is 7.45. The number of nitrogens with one attached hydrogen (secondary N) is 1. The lowest BCUT2D eigenvalue weighted by molar-refractivity contribution is -0.128. The summed E-state index contributed by atoms with van der Waals surface area (Å²) in [5.41, 5.74) is 0. The topological polar surface area (TPSA) is 81.9 Å². The maximum atomic E-state index is 12.0. The maximum absolute atomic E-state index is 12.0. The van der Waals surface area contributed by atoms with E-state index < -0.39 is 0 Å². The van der Waals surface area contributed by atoms with Crippen molar-refractivity contribution < 1.29 is 4.79 Å². The first-order chi connectivity index (χ1) is 9.72. The van der Waals surface area contributed by atoms with E-state index in [2.05, 4.69) is 21.6 Å². The third-order valence-corrected chi connectivity index (χ3v) is 4.83. The van der Waals surface area contributed by atoms with Crippen molar-refractivity contribution in [1.82, 2.24) is 15.1 Å². The van der Waals surface area contributed by atoms with Crippen LogP contribution in [-0.4, -0.2) is 45.9 Å². The molecule has 1 N–H and O–H groups in total. The molecule has 1 aliphatic carbocycles. The Labute approximate surface area is 126 Å². The Morgan fingerprint density at radius 2 is 2.40 bits per heavy atom. The molecular formula is C12H17N5OS2. The normalized spacial score (nSPS) is 13.8. The summed E-state index contributed by atoms with van der Waals surface area (Å²) >= 11 is 2.89.